The van der Waals surface area contributed by atoms with Gasteiger partial charge in [-0.05, 0) is 49.8 Å². The summed E-state index contributed by atoms with van der Waals surface area (Å²) in [5, 5.41) is 15.7. The molecule has 0 aromatic carbocycles. The summed E-state index contributed by atoms with van der Waals surface area (Å²) in [5.74, 6) is 0. The summed E-state index contributed by atoms with van der Waals surface area (Å²) in [5.41, 5.74) is 0.872. The molecule has 1 aromatic rings. The molecular weight excluding hydrogens is 203 g/mol. The van der Waals surface area contributed by atoms with E-state index < -0.39 is 6.23 Å². The number of rotatable bonds is 5. The van der Waals surface area contributed by atoms with Crippen molar-refractivity contribution in [3.05, 3.63) is 22.4 Å². The summed E-state index contributed by atoms with van der Waals surface area (Å²) in [6.07, 6.45) is -0.721. The molecule has 5 heteroatoms. The van der Waals surface area contributed by atoms with Crippen molar-refractivity contribution in [3.63, 3.8) is 0 Å². The van der Waals surface area contributed by atoms with Gasteiger partial charge < -0.3 is 14.9 Å². The minimum absolute atomic E-state index is 0. The zero-order chi connectivity index (χ0) is 10.6. The third-order valence-corrected chi connectivity index (χ3v) is 2.83. The second-order valence-corrected chi connectivity index (χ2v) is 4.47. The van der Waals surface area contributed by atoms with E-state index in [1.54, 1.807) is 11.3 Å². The Balaban J connectivity index is 0.00000196. The molecule has 0 spiro atoms. The average molecular weight is 220 g/mol. The maximum Gasteiger partial charge on any atom is 1.00 e. The summed E-state index contributed by atoms with van der Waals surface area (Å²) in [6.45, 7) is 1.72. The third-order valence-electron chi connectivity index (χ3n) is 2.13. The molecule has 0 bridgehead atoms. The van der Waals surface area contributed by atoms with Crippen molar-refractivity contribution < 1.29 is 24.0 Å². The van der Waals surface area contributed by atoms with Gasteiger partial charge in [0.05, 0.1) is 0 Å². The molecule has 1 unspecified atom stereocenters. The molecule has 3 nitrogen and oxygen atoms in total. The van der Waals surface area contributed by atoms with Crippen molar-refractivity contribution in [1.82, 2.24) is 9.80 Å². The quantitative estimate of drug-likeness (QED) is 0.409. The van der Waals surface area contributed by atoms with Crippen LogP contribution in [-0.4, -0.2) is 44.0 Å². The van der Waals surface area contributed by atoms with E-state index in [0.29, 0.717) is 0 Å². The molecule has 1 atom stereocenters. The molecule has 1 aromatic heterocycles. The van der Waals surface area contributed by atoms with Gasteiger partial charge in [0.1, 0.15) is 0 Å². The van der Waals surface area contributed by atoms with Gasteiger partial charge in [-0.3, -0.25) is 0 Å². The number of hydrogen-bond acceptors (Lipinski definition) is 4. The zero-order valence-electron chi connectivity index (χ0n) is 9.93. The Morgan fingerprint density at radius 3 is 2.47 bits per heavy atom. The first-order valence-corrected chi connectivity index (χ1v) is 5.58. The Kier molecular flexibility index (Phi) is 7.54. The van der Waals surface area contributed by atoms with E-state index in [1.165, 1.54) is 0 Å². The monoisotopic (exact) mass is 220 g/mol. The van der Waals surface area contributed by atoms with Crippen LogP contribution in [0.2, 0.25) is 0 Å². The fourth-order valence-corrected chi connectivity index (χ4v) is 1.81. The minimum atomic E-state index is -0.721. The zero-order valence-corrected chi connectivity index (χ0v) is 10.8. The average Bonchev–Trinajstić information content (AvgIpc) is 2.65. The van der Waals surface area contributed by atoms with Crippen LogP contribution in [0.25, 0.3) is 0 Å². The molecule has 0 N–H and O–H groups in total. The first kappa shape index (κ1) is 15.2. The number of nitrogens with zero attached hydrogens (tertiary/aromatic N) is 2. The van der Waals surface area contributed by atoms with Gasteiger partial charge in [0.25, 0.3) is 0 Å². The number of likely N-dealkylation sites (N-methyl/N-ethyl adjacent to an activating group) is 2. The minimum Gasteiger partial charge on any atom is -0.837 e. The Morgan fingerprint density at radius 2 is 2.00 bits per heavy atom. The number of hydrogen-bond donors (Lipinski definition) is 0. The van der Waals surface area contributed by atoms with E-state index in [9.17, 15) is 5.11 Å². The fraction of sp³-hybridized carbons (Fsp3) is 0.600. The van der Waals surface area contributed by atoms with Crippen molar-refractivity contribution in [2.45, 2.75) is 6.23 Å². The van der Waals surface area contributed by atoms with Crippen LogP contribution in [0.4, 0.5) is 0 Å². The van der Waals surface area contributed by atoms with Gasteiger partial charge in [0, 0.05) is 13.1 Å². The van der Waals surface area contributed by atoms with E-state index in [-0.39, 0.29) is 18.9 Å². The summed E-state index contributed by atoms with van der Waals surface area (Å²) in [7, 11) is 5.90. The van der Waals surface area contributed by atoms with Gasteiger partial charge >= 0.3 is 18.9 Å². The molecule has 0 aliphatic heterocycles. The standard InChI is InChI=1S/C10H17N2OS.Li/c1-11(2)5-6-12(3)10(13)9-4-7-14-8-9;/h4,7-8,10H,5-6H2,1-3H3;/q-1;+1. The van der Waals surface area contributed by atoms with Crippen LogP contribution in [0, 0.1) is 0 Å². The van der Waals surface area contributed by atoms with Crippen LogP contribution in [0.15, 0.2) is 16.8 Å². The Labute approximate surface area is 108 Å². The molecular formula is C10H17LiN2OS. The second-order valence-electron chi connectivity index (χ2n) is 3.69. The molecule has 1 heterocycles. The van der Waals surface area contributed by atoms with Crippen LogP contribution in [0.1, 0.15) is 11.8 Å². The van der Waals surface area contributed by atoms with E-state index in [0.717, 1.165) is 18.7 Å². The Hall–Kier alpha value is 0.177. The molecule has 0 aliphatic carbocycles. The summed E-state index contributed by atoms with van der Waals surface area (Å²) >= 11 is 1.57. The summed E-state index contributed by atoms with van der Waals surface area (Å²) in [6, 6.07) is 1.90. The largest absolute Gasteiger partial charge is 1.00 e. The Bertz CT molecular complexity index is 254. The van der Waals surface area contributed by atoms with Crippen LogP contribution < -0.4 is 24.0 Å². The first-order valence-electron chi connectivity index (χ1n) is 4.64. The van der Waals surface area contributed by atoms with Crippen LogP contribution in [0.5, 0.6) is 0 Å². The van der Waals surface area contributed by atoms with Gasteiger partial charge in [-0.1, -0.05) is 0 Å². The maximum atomic E-state index is 11.8. The van der Waals surface area contributed by atoms with Gasteiger partial charge in [-0.25, -0.2) is 0 Å². The van der Waals surface area contributed by atoms with Gasteiger partial charge in [0.2, 0.25) is 0 Å². The molecule has 15 heavy (non-hydrogen) atoms. The topological polar surface area (TPSA) is 29.5 Å². The molecule has 0 fully saturated rings. The number of thiophene rings is 1. The van der Waals surface area contributed by atoms with Crippen LogP contribution in [0.3, 0.4) is 0 Å². The summed E-state index contributed by atoms with van der Waals surface area (Å²) < 4.78 is 0. The molecule has 0 radical (unpaired) electrons. The molecule has 1 rings (SSSR count). The van der Waals surface area contributed by atoms with Crippen molar-refractivity contribution in [3.8, 4) is 0 Å². The van der Waals surface area contributed by atoms with Crippen molar-refractivity contribution >= 4 is 11.3 Å². The third kappa shape index (κ3) is 5.16. The van der Waals surface area contributed by atoms with E-state index in [4.69, 9.17) is 0 Å². The molecule has 0 aliphatic rings. The molecule has 80 valence electrons. The molecule has 0 saturated carbocycles. The van der Waals surface area contributed by atoms with Gasteiger partial charge in [-0.2, -0.15) is 11.3 Å². The van der Waals surface area contributed by atoms with Crippen LogP contribution >= 0.6 is 11.3 Å². The summed E-state index contributed by atoms with van der Waals surface area (Å²) in [4.78, 5) is 3.92. The van der Waals surface area contributed by atoms with E-state index >= 15 is 0 Å². The van der Waals surface area contributed by atoms with Crippen molar-refractivity contribution in [2.75, 3.05) is 34.2 Å². The maximum absolute atomic E-state index is 11.8. The van der Waals surface area contributed by atoms with Gasteiger partial charge in [-0.15, -0.1) is 0 Å². The van der Waals surface area contributed by atoms with Crippen molar-refractivity contribution in [1.29, 1.82) is 0 Å². The van der Waals surface area contributed by atoms with E-state index in [2.05, 4.69) is 4.90 Å². The predicted molar refractivity (Wildman–Crippen MR) is 58.2 cm³/mol. The normalized spacial score (nSPS) is 12.9. The molecule has 0 saturated heterocycles. The van der Waals surface area contributed by atoms with E-state index in [1.807, 2.05) is 42.9 Å². The predicted octanol–water partition coefficient (Wildman–Crippen LogP) is -2.40. The smallest absolute Gasteiger partial charge is 0.837 e. The van der Waals surface area contributed by atoms with Gasteiger partial charge in [0.15, 0.2) is 0 Å². The fourth-order valence-electron chi connectivity index (χ4n) is 1.14. The SMILES string of the molecule is CN(C)CCN(C)C([O-])c1ccsc1.[Li+]. The van der Waals surface area contributed by atoms with Crippen LogP contribution in [-0.2, 0) is 0 Å². The first-order chi connectivity index (χ1) is 6.61. The second kappa shape index (κ2) is 7.45. The van der Waals surface area contributed by atoms with Crippen molar-refractivity contribution in [2.24, 2.45) is 0 Å². The molecule has 0 amide bonds. The Morgan fingerprint density at radius 1 is 1.33 bits per heavy atom.